The minimum Gasteiger partial charge on any atom is -0.309 e. The molecule has 5 heteroatoms. The van der Waals surface area contributed by atoms with E-state index in [9.17, 15) is 9.18 Å². The van der Waals surface area contributed by atoms with Crippen molar-refractivity contribution in [1.82, 2.24) is 4.90 Å². The number of amides is 1. The Morgan fingerprint density at radius 3 is 2.44 bits per heavy atom. The average Bonchev–Trinajstić information content (AvgIpc) is 2.68. The van der Waals surface area contributed by atoms with Crippen LogP contribution in [-0.2, 0) is 11.2 Å². The molecule has 1 amide bonds. The molecule has 1 heterocycles. The van der Waals surface area contributed by atoms with Gasteiger partial charge in [0.25, 0.3) is 0 Å². The number of carbonyl (C=O) groups excluding carboxylic acids is 1. The molecule has 1 aliphatic rings. The van der Waals surface area contributed by atoms with Crippen LogP contribution in [0.15, 0.2) is 54.6 Å². The van der Waals surface area contributed by atoms with E-state index in [1.807, 2.05) is 24.0 Å². The van der Waals surface area contributed by atoms with Crippen molar-refractivity contribution in [2.24, 2.45) is 0 Å². The van der Waals surface area contributed by atoms with Gasteiger partial charge in [-0.25, -0.2) is 4.39 Å². The van der Waals surface area contributed by atoms with Crippen LogP contribution in [0, 0.1) is 5.82 Å². The van der Waals surface area contributed by atoms with E-state index in [0.717, 1.165) is 38.9 Å². The zero-order valence-electron chi connectivity index (χ0n) is 15.8. The number of piperidine rings is 1. The molecule has 1 aliphatic heterocycles. The second kappa shape index (κ2) is 10.4. The van der Waals surface area contributed by atoms with Crippen LogP contribution in [0.2, 0.25) is 0 Å². The van der Waals surface area contributed by atoms with E-state index in [0.29, 0.717) is 12.1 Å². The fourth-order valence-electron chi connectivity index (χ4n) is 3.69. The van der Waals surface area contributed by atoms with Crippen LogP contribution in [0.5, 0.6) is 0 Å². The van der Waals surface area contributed by atoms with Crippen molar-refractivity contribution in [3.05, 3.63) is 66.0 Å². The number of hydrogen-bond donors (Lipinski definition) is 0. The van der Waals surface area contributed by atoms with Crippen molar-refractivity contribution < 1.29 is 9.18 Å². The minimum atomic E-state index is -0.295. The molecule has 0 N–H and O–H groups in total. The Morgan fingerprint density at radius 1 is 1.11 bits per heavy atom. The largest absolute Gasteiger partial charge is 0.309 e. The molecule has 3 nitrogen and oxygen atoms in total. The summed E-state index contributed by atoms with van der Waals surface area (Å²) < 4.78 is 13.6. The predicted molar refractivity (Wildman–Crippen MR) is 111 cm³/mol. The first kappa shape index (κ1) is 21.4. The van der Waals surface area contributed by atoms with E-state index in [4.69, 9.17) is 0 Å². The molecule has 3 rings (SSSR count). The number of nitrogens with zero attached hydrogens (tertiary/aromatic N) is 2. The van der Waals surface area contributed by atoms with Crippen LogP contribution in [0.1, 0.15) is 31.7 Å². The second-order valence-electron chi connectivity index (χ2n) is 6.91. The molecule has 27 heavy (non-hydrogen) atoms. The van der Waals surface area contributed by atoms with Crippen molar-refractivity contribution in [2.45, 2.75) is 38.6 Å². The monoisotopic (exact) mass is 390 g/mol. The number of benzene rings is 2. The summed E-state index contributed by atoms with van der Waals surface area (Å²) in [6, 6.07) is 17.1. The van der Waals surface area contributed by atoms with Gasteiger partial charge in [0.1, 0.15) is 5.82 Å². The van der Waals surface area contributed by atoms with Gasteiger partial charge < -0.3 is 9.80 Å². The number of hydrogen-bond acceptors (Lipinski definition) is 2. The molecule has 0 atom stereocenters. The van der Waals surface area contributed by atoms with Crippen molar-refractivity contribution >= 4 is 24.0 Å². The maximum atomic E-state index is 13.6. The van der Waals surface area contributed by atoms with Crippen LogP contribution in [-0.4, -0.2) is 36.5 Å². The lowest BCUT2D eigenvalue weighted by molar-refractivity contribution is -0.119. The van der Waals surface area contributed by atoms with Crippen molar-refractivity contribution in [2.75, 3.05) is 24.5 Å². The molecule has 0 saturated carbocycles. The molecular formula is C22H28ClFN2O. The second-order valence-corrected chi connectivity index (χ2v) is 6.91. The Morgan fingerprint density at radius 2 is 1.81 bits per heavy atom. The van der Waals surface area contributed by atoms with Gasteiger partial charge in [-0.2, -0.15) is 0 Å². The zero-order valence-corrected chi connectivity index (χ0v) is 16.6. The summed E-state index contributed by atoms with van der Waals surface area (Å²) in [6.45, 7) is 4.85. The van der Waals surface area contributed by atoms with E-state index >= 15 is 0 Å². The Kier molecular flexibility index (Phi) is 8.26. The van der Waals surface area contributed by atoms with Gasteiger partial charge in [-0.3, -0.25) is 4.79 Å². The average molecular weight is 391 g/mol. The Bertz CT molecular complexity index is 717. The number of likely N-dealkylation sites (tertiary alicyclic amines) is 1. The summed E-state index contributed by atoms with van der Waals surface area (Å²) >= 11 is 0. The quantitative estimate of drug-likeness (QED) is 0.713. The number of carbonyl (C=O) groups is 1. The van der Waals surface area contributed by atoms with E-state index < -0.39 is 0 Å². The van der Waals surface area contributed by atoms with Gasteiger partial charge >= 0.3 is 0 Å². The lowest BCUT2D eigenvalue weighted by atomic mass is 10.0. The van der Waals surface area contributed by atoms with E-state index in [2.05, 4.69) is 29.2 Å². The molecule has 0 unspecified atom stereocenters. The van der Waals surface area contributed by atoms with Crippen molar-refractivity contribution in [3.8, 4) is 0 Å². The third-order valence-corrected chi connectivity index (χ3v) is 5.14. The first-order valence-electron chi connectivity index (χ1n) is 9.51. The Labute approximate surface area is 167 Å². The van der Waals surface area contributed by atoms with E-state index in [1.54, 1.807) is 6.07 Å². The summed E-state index contributed by atoms with van der Waals surface area (Å²) in [7, 11) is 0. The Hall–Kier alpha value is -1.91. The normalized spacial score (nSPS) is 15.2. The summed E-state index contributed by atoms with van der Waals surface area (Å²) in [5.74, 6) is -0.227. The van der Waals surface area contributed by atoms with Crippen LogP contribution >= 0.6 is 12.4 Å². The summed E-state index contributed by atoms with van der Waals surface area (Å²) in [5, 5.41) is 0. The van der Waals surface area contributed by atoms with Gasteiger partial charge in [0, 0.05) is 37.8 Å². The number of halogens is 2. The third kappa shape index (κ3) is 5.78. The molecule has 1 fully saturated rings. The maximum absolute atomic E-state index is 13.6. The van der Waals surface area contributed by atoms with Crippen molar-refractivity contribution in [3.63, 3.8) is 0 Å². The molecule has 0 spiro atoms. The summed E-state index contributed by atoms with van der Waals surface area (Å²) in [6.07, 6.45) is 3.34. The predicted octanol–water partition coefficient (Wildman–Crippen LogP) is 4.70. The third-order valence-electron chi connectivity index (χ3n) is 5.14. The summed E-state index contributed by atoms with van der Waals surface area (Å²) in [5.41, 5.74) is 2.04. The Balaban J connectivity index is 0.00000261. The molecule has 2 aromatic rings. The molecule has 0 aromatic heterocycles. The highest BCUT2D eigenvalue weighted by Crippen LogP contribution is 2.25. The lowest BCUT2D eigenvalue weighted by Crippen LogP contribution is -2.48. The highest BCUT2D eigenvalue weighted by Gasteiger charge is 2.28. The highest BCUT2D eigenvalue weighted by molar-refractivity contribution is 5.93. The zero-order chi connectivity index (χ0) is 18.4. The minimum absolute atomic E-state index is 0. The van der Waals surface area contributed by atoms with E-state index in [-0.39, 0.29) is 30.2 Å². The van der Waals surface area contributed by atoms with Crippen LogP contribution in [0.25, 0.3) is 0 Å². The highest BCUT2D eigenvalue weighted by atomic mass is 35.5. The van der Waals surface area contributed by atoms with Crippen LogP contribution < -0.4 is 4.90 Å². The van der Waals surface area contributed by atoms with Crippen LogP contribution in [0.3, 0.4) is 0 Å². The molecular weight excluding hydrogens is 363 g/mol. The molecule has 146 valence electrons. The fourth-order valence-corrected chi connectivity index (χ4v) is 3.69. The topological polar surface area (TPSA) is 23.6 Å². The van der Waals surface area contributed by atoms with Gasteiger partial charge in [0.2, 0.25) is 5.91 Å². The lowest BCUT2D eigenvalue weighted by Gasteiger charge is -2.38. The van der Waals surface area contributed by atoms with Gasteiger partial charge in [-0.05, 0) is 43.0 Å². The SMILES string of the molecule is CCC(=O)N(c1cccc(F)c1)C1CCN(CCc2ccccc2)CC1.Cl. The van der Waals surface area contributed by atoms with Gasteiger partial charge in [-0.15, -0.1) is 12.4 Å². The molecule has 0 aliphatic carbocycles. The smallest absolute Gasteiger partial charge is 0.226 e. The first-order valence-corrected chi connectivity index (χ1v) is 9.51. The summed E-state index contributed by atoms with van der Waals surface area (Å²) in [4.78, 5) is 16.8. The maximum Gasteiger partial charge on any atom is 0.226 e. The number of anilines is 1. The fraction of sp³-hybridized carbons (Fsp3) is 0.409. The standard InChI is InChI=1S/C22H27FN2O.ClH/c1-2-22(26)25(21-10-6-9-19(23)17-21)20-12-15-24(16-13-20)14-11-18-7-4-3-5-8-18;/h3-10,17,20H,2,11-16H2,1H3;1H. The van der Waals surface area contributed by atoms with Gasteiger partial charge in [0.05, 0.1) is 0 Å². The van der Waals surface area contributed by atoms with Crippen LogP contribution in [0.4, 0.5) is 10.1 Å². The van der Waals surface area contributed by atoms with Crippen molar-refractivity contribution in [1.29, 1.82) is 0 Å². The van der Waals surface area contributed by atoms with Gasteiger partial charge in [-0.1, -0.05) is 43.3 Å². The molecule has 0 bridgehead atoms. The molecule has 0 radical (unpaired) electrons. The number of rotatable bonds is 6. The molecule has 1 saturated heterocycles. The first-order chi connectivity index (χ1) is 12.7. The molecule has 2 aromatic carbocycles. The van der Waals surface area contributed by atoms with Gasteiger partial charge in [0.15, 0.2) is 0 Å². The van der Waals surface area contributed by atoms with E-state index in [1.165, 1.54) is 17.7 Å².